The number of methoxy groups -OCH3 is 1. The number of hydrogen-bond donors (Lipinski definition) is 2. The Bertz CT molecular complexity index is 466. The molecule has 0 bridgehead atoms. The van der Waals surface area contributed by atoms with Gasteiger partial charge in [0.05, 0.1) is 13.7 Å². The summed E-state index contributed by atoms with van der Waals surface area (Å²) in [5, 5.41) is 11.4. The summed E-state index contributed by atoms with van der Waals surface area (Å²) < 4.78 is 4.59. The Labute approximate surface area is 95.7 Å². The molecule has 0 unspecified atom stereocenters. The highest BCUT2D eigenvalue weighted by molar-refractivity contribution is 7.13. The van der Waals surface area contributed by atoms with Crippen LogP contribution in [0.2, 0.25) is 0 Å². The van der Waals surface area contributed by atoms with Gasteiger partial charge in [0.1, 0.15) is 11.2 Å². The smallest absolute Gasteiger partial charge is 0.354 e. The minimum Gasteiger partial charge on any atom is -0.464 e. The molecule has 0 aliphatic carbocycles. The van der Waals surface area contributed by atoms with Crippen LogP contribution in [0.3, 0.4) is 0 Å². The second-order valence-electron chi connectivity index (χ2n) is 2.99. The zero-order valence-electron chi connectivity index (χ0n) is 8.56. The maximum absolute atomic E-state index is 11.2. The van der Waals surface area contributed by atoms with E-state index in [4.69, 9.17) is 0 Å². The van der Waals surface area contributed by atoms with Gasteiger partial charge in [-0.1, -0.05) is 11.3 Å². The van der Waals surface area contributed by atoms with Crippen LogP contribution < -0.4 is 5.32 Å². The van der Waals surface area contributed by atoms with Crippen molar-refractivity contribution in [2.45, 2.75) is 6.54 Å². The van der Waals surface area contributed by atoms with Gasteiger partial charge in [-0.3, -0.25) is 0 Å². The molecule has 0 saturated heterocycles. The fourth-order valence-corrected chi connectivity index (χ4v) is 1.64. The number of ether oxygens (including phenoxy) is 1. The SMILES string of the molecule is COC(=O)c1ccc(CNc2nncs2)[nH]1. The first-order valence-electron chi connectivity index (χ1n) is 4.56. The Morgan fingerprint density at radius 1 is 1.62 bits per heavy atom. The van der Waals surface area contributed by atoms with Gasteiger partial charge in [-0.15, -0.1) is 10.2 Å². The quantitative estimate of drug-likeness (QED) is 0.784. The van der Waals surface area contributed by atoms with Crippen molar-refractivity contribution < 1.29 is 9.53 Å². The summed E-state index contributed by atoms with van der Waals surface area (Å²) in [4.78, 5) is 14.1. The molecule has 0 spiro atoms. The molecule has 2 aromatic rings. The third-order valence-electron chi connectivity index (χ3n) is 1.94. The largest absolute Gasteiger partial charge is 0.464 e. The topological polar surface area (TPSA) is 79.9 Å². The lowest BCUT2D eigenvalue weighted by atomic mass is 10.4. The molecule has 0 radical (unpaired) electrons. The lowest BCUT2D eigenvalue weighted by Gasteiger charge is -1.99. The molecule has 2 heterocycles. The number of aromatic nitrogens is 3. The first-order valence-corrected chi connectivity index (χ1v) is 5.44. The summed E-state index contributed by atoms with van der Waals surface area (Å²) >= 11 is 1.42. The lowest BCUT2D eigenvalue weighted by molar-refractivity contribution is 0.0594. The van der Waals surface area contributed by atoms with Gasteiger partial charge in [-0.2, -0.15) is 0 Å². The minimum absolute atomic E-state index is 0.373. The number of rotatable bonds is 4. The molecule has 2 rings (SSSR count). The number of carbonyl (C=O) groups excluding carboxylic acids is 1. The van der Waals surface area contributed by atoms with Gasteiger partial charge in [0.25, 0.3) is 0 Å². The molecule has 6 nitrogen and oxygen atoms in total. The third kappa shape index (κ3) is 2.37. The number of aromatic amines is 1. The number of carbonyl (C=O) groups is 1. The number of anilines is 1. The Hall–Kier alpha value is -1.89. The second kappa shape index (κ2) is 4.75. The minimum atomic E-state index is -0.373. The van der Waals surface area contributed by atoms with Crippen LogP contribution in [-0.4, -0.2) is 28.3 Å². The monoisotopic (exact) mass is 238 g/mol. The summed E-state index contributed by atoms with van der Waals surface area (Å²) in [6.07, 6.45) is 0. The van der Waals surface area contributed by atoms with Gasteiger partial charge in [0.15, 0.2) is 0 Å². The predicted octanol–water partition coefficient (Wildman–Crippen LogP) is 1.26. The predicted molar refractivity (Wildman–Crippen MR) is 59.4 cm³/mol. The average Bonchev–Trinajstić information content (AvgIpc) is 2.96. The maximum Gasteiger partial charge on any atom is 0.354 e. The number of nitrogens with zero attached hydrogens (tertiary/aromatic N) is 2. The Balaban J connectivity index is 1.95. The summed E-state index contributed by atoms with van der Waals surface area (Å²) in [5.41, 5.74) is 2.98. The molecular formula is C9H10N4O2S. The third-order valence-corrected chi connectivity index (χ3v) is 2.59. The molecule has 0 fully saturated rings. The van der Waals surface area contributed by atoms with Crippen LogP contribution in [0.15, 0.2) is 17.6 Å². The maximum atomic E-state index is 11.2. The van der Waals surface area contributed by atoms with Gasteiger partial charge < -0.3 is 15.0 Å². The fourth-order valence-electron chi connectivity index (χ4n) is 1.19. The molecule has 0 saturated carbocycles. The van der Waals surface area contributed by atoms with E-state index < -0.39 is 0 Å². The van der Waals surface area contributed by atoms with E-state index in [2.05, 4.69) is 25.2 Å². The molecule has 2 N–H and O–H groups in total. The summed E-state index contributed by atoms with van der Waals surface area (Å²) in [6.45, 7) is 0.562. The number of nitrogens with one attached hydrogen (secondary N) is 2. The van der Waals surface area contributed by atoms with Crippen LogP contribution in [-0.2, 0) is 11.3 Å². The van der Waals surface area contributed by atoms with E-state index in [1.54, 1.807) is 11.6 Å². The molecule has 0 aliphatic rings. The van der Waals surface area contributed by atoms with Crippen LogP contribution in [0.4, 0.5) is 5.13 Å². The Kier molecular flexibility index (Phi) is 3.16. The van der Waals surface area contributed by atoms with Crippen LogP contribution in [0.25, 0.3) is 0 Å². The first kappa shape index (κ1) is 10.6. The van der Waals surface area contributed by atoms with E-state index in [9.17, 15) is 4.79 Å². The van der Waals surface area contributed by atoms with Gasteiger partial charge >= 0.3 is 5.97 Å². The lowest BCUT2D eigenvalue weighted by Crippen LogP contribution is -2.03. The van der Waals surface area contributed by atoms with Crippen molar-refractivity contribution in [3.8, 4) is 0 Å². The summed E-state index contributed by atoms with van der Waals surface area (Å²) in [5.74, 6) is -0.373. The van der Waals surface area contributed by atoms with E-state index >= 15 is 0 Å². The zero-order valence-corrected chi connectivity index (χ0v) is 9.37. The van der Waals surface area contributed by atoms with Crippen molar-refractivity contribution in [3.05, 3.63) is 29.0 Å². The van der Waals surface area contributed by atoms with Gasteiger partial charge in [-0.05, 0) is 12.1 Å². The van der Waals surface area contributed by atoms with E-state index in [-0.39, 0.29) is 5.97 Å². The Morgan fingerprint density at radius 3 is 3.19 bits per heavy atom. The summed E-state index contributed by atoms with van der Waals surface area (Å²) in [6, 6.07) is 3.50. The van der Waals surface area contributed by atoms with Crippen molar-refractivity contribution in [1.82, 2.24) is 15.2 Å². The number of hydrogen-bond acceptors (Lipinski definition) is 6. The van der Waals surface area contributed by atoms with E-state index in [1.165, 1.54) is 18.4 Å². The van der Waals surface area contributed by atoms with Crippen molar-refractivity contribution >= 4 is 22.4 Å². The Morgan fingerprint density at radius 2 is 2.50 bits per heavy atom. The average molecular weight is 238 g/mol. The standard InChI is InChI=1S/C9H10N4O2S/c1-15-8(14)7-3-2-6(12-7)4-10-9-13-11-5-16-9/h2-3,5,12H,4H2,1H3,(H,10,13). The second-order valence-corrected chi connectivity index (χ2v) is 3.82. The molecule has 0 aromatic carbocycles. The molecule has 0 amide bonds. The van der Waals surface area contributed by atoms with Crippen LogP contribution in [0.5, 0.6) is 0 Å². The highest BCUT2D eigenvalue weighted by Gasteiger charge is 2.07. The van der Waals surface area contributed by atoms with Crippen molar-refractivity contribution in [2.75, 3.05) is 12.4 Å². The van der Waals surface area contributed by atoms with Crippen LogP contribution >= 0.6 is 11.3 Å². The van der Waals surface area contributed by atoms with Crippen molar-refractivity contribution in [1.29, 1.82) is 0 Å². The molecule has 84 valence electrons. The molecule has 2 aromatic heterocycles. The van der Waals surface area contributed by atoms with Crippen molar-refractivity contribution in [2.24, 2.45) is 0 Å². The van der Waals surface area contributed by atoms with Crippen molar-refractivity contribution in [3.63, 3.8) is 0 Å². The highest BCUT2D eigenvalue weighted by Crippen LogP contribution is 2.10. The molecular weight excluding hydrogens is 228 g/mol. The molecule has 7 heteroatoms. The van der Waals surface area contributed by atoms with E-state index in [1.807, 2.05) is 6.07 Å². The van der Waals surface area contributed by atoms with E-state index in [0.29, 0.717) is 12.2 Å². The molecule has 0 aliphatic heterocycles. The fraction of sp³-hybridized carbons (Fsp3) is 0.222. The van der Waals surface area contributed by atoms with Gasteiger partial charge in [-0.25, -0.2) is 4.79 Å². The molecule has 0 atom stereocenters. The molecule has 16 heavy (non-hydrogen) atoms. The number of H-pyrrole nitrogens is 1. The van der Waals surface area contributed by atoms with Crippen LogP contribution in [0.1, 0.15) is 16.2 Å². The highest BCUT2D eigenvalue weighted by atomic mass is 32.1. The summed E-state index contributed by atoms with van der Waals surface area (Å²) in [7, 11) is 1.35. The zero-order chi connectivity index (χ0) is 11.4. The first-order chi connectivity index (χ1) is 7.79. The van der Waals surface area contributed by atoms with E-state index in [0.717, 1.165) is 10.8 Å². The van der Waals surface area contributed by atoms with Gasteiger partial charge in [0.2, 0.25) is 5.13 Å². The van der Waals surface area contributed by atoms with Gasteiger partial charge in [0, 0.05) is 5.69 Å². The normalized spacial score (nSPS) is 10.1. The number of esters is 1. The van der Waals surface area contributed by atoms with Crippen LogP contribution in [0, 0.1) is 0 Å².